The molecule has 0 aromatic rings. The van der Waals surface area contributed by atoms with Crippen molar-refractivity contribution < 1.29 is 15.0 Å². The summed E-state index contributed by atoms with van der Waals surface area (Å²) in [7, 11) is 0. The van der Waals surface area contributed by atoms with Crippen LogP contribution in [-0.4, -0.2) is 34.9 Å². The number of carbonyl (C=O) groups excluding carboxylic acids is 1. The molecule has 0 spiro atoms. The van der Waals surface area contributed by atoms with E-state index in [-0.39, 0.29) is 12.5 Å². The first-order chi connectivity index (χ1) is 25.2. The molecule has 3 N–H and O–H groups in total. The smallest absolute Gasteiger partial charge is 0.220 e. The summed E-state index contributed by atoms with van der Waals surface area (Å²) in [4.78, 5) is 12.4. The van der Waals surface area contributed by atoms with E-state index in [1.165, 1.54) is 212 Å². The molecule has 0 rings (SSSR count). The van der Waals surface area contributed by atoms with E-state index in [0.717, 1.165) is 25.7 Å². The highest BCUT2D eigenvalue weighted by Gasteiger charge is 2.20. The van der Waals surface area contributed by atoms with Gasteiger partial charge in [-0.15, -0.1) is 0 Å². The lowest BCUT2D eigenvalue weighted by atomic mass is 10.0. The first kappa shape index (κ1) is 50.1. The average molecular weight is 720 g/mol. The van der Waals surface area contributed by atoms with Crippen molar-refractivity contribution in [3.63, 3.8) is 0 Å². The summed E-state index contributed by atoms with van der Waals surface area (Å²) in [6.45, 7) is 4.37. The monoisotopic (exact) mass is 720 g/mol. The highest BCUT2D eigenvalue weighted by Crippen LogP contribution is 2.17. The Morgan fingerprint density at radius 3 is 1.08 bits per heavy atom. The Balaban J connectivity index is 3.47. The number of carbonyl (C=O) groups is 1. The molecule has 0 fully saturated rings. The molecule has 4 heteroatoms. The summed E-state index contributed by atoms with van der Waals surface area (Å²) in [6.07, 6.45) is 54.4. The highest BCUT2D eigenvalue weighted by molar-refractivity contribution is 5.76. The Morgan fingerprint density at radius 1 is 0.451 bits per heavy atom. The summed E-state index contributed by atoms with van der Waals surface area (Å²) in [5.74, 6) is -0.0364. The molecule has 0 radical (unpaired) electrons. The van der Waals surface area contributed by atoms with Gasteiger partial charge in [-0.3, -0.25) is 4.79 Å². The van der Waals surface area contributed by atoms with Crippen molar-refractivity contribution >= 4 is 5.91 Å². The lowest BCUT2D eigenvalue weighted by Crippen LogP contribution is -2.45. The molecular weight excluding hydrogens is 627 g/mol. The van der Waals surface area contributed by atoms with Gasteiger partial charge in [0.2, 0.25) is 5.91 Å². The number of hydrogen-bond acceptors (Lipinski definition) is 3. The predicted octanol–water partition coefficient (Wildman–Crippen LogP) is 14.6. The van der Waals surface area contributed by atoms with Gasteiger partial charge in [-0.25, -0.2) is 0 Å². The number of amides is 1. The zero-order valence-electron chi connectivity index (χ0n) is 34.9. The first-order valence-corrected chi connectivity index (χ1v) is 23.4. The Hall–Kier alpha value is -0.870. The summed E-state index contributed by atoms with van der Waals surface area (Å²) < 4.78 is 0. The van der Waals surface area contributed by atoms with Crippen LogP contribution in [0.25, 0.3) is 0 Å². The van der Waals surface area contributed by atoms with Gasteiger partial charge in [-0.1, -0.05) is 231 Å². The quantitative estimate of drug-likeness (QED) is 0.0434. The number of allylic oxidation sites excluding steroid dienone is 2. The van der Waals surface area contributed by atoms with Crippen molar-refractivity contribution in [3.8, 4) is 0 Å². The largest absolute Gasteiger partial charge is 0.394 e. The highest BCUT2D eigenvalue weighted by atomic mass is 16.3. The van der Waals surface area contributed by atoms with Crippen molar-refractivity contribution in [2.45, 2.75) is 276 Å². The molecule has 1 amide bonds. The van der Waals surface area contributed by atoms with Crippen LogP contribution in [-0.2, 0) is 4.79 Å². The van der Waals surface area contributed by atoms with Crippen LogP contribution in [0.1, 0.15) is 264 Å². The Labute approximate surface area is 320 Å². The maximum absolute atomic E-state index is 12.4. The topological polar surface area (TPSA) is 69.6 Å². The van der Waals surface area contributed by atoms with Crippen LogP contribution >= 0.6 is 0 Å². The molecule has 0 saturated heterocycles. The molecule has 0 aromatic carbocycles. The molecule has 0 aromatic heterocycles. The molecule has 0 aliphatic rings. The van der Waals surface area contributed by atoms with Crippen LogP contribution in [0.15, 0.2) is 12.2 Å². The zero-order valence-corrected chi connectivity index (χ0v) is 34.9. The second-order valence-corrected chi connectivity index (χ2v) is 16.2. The van der Waals surface area contributed by atoms with E-state index in [0.29, 0.717) is 12.8 Å². The van der Waals surface area contributed by atoms with E-state index in [9.17, 15) is 15.0 Å². The third kappa shape index (κ3) is 40.2. The summed E-state index contributed by atoms with van der Waals surface area (Å²) >= 11 is 0. The summed E-state index contributed by atoms with van der Waals surface area (Å²) in [6, 6.07) is -0.537. The standard InChI is InChI=1S/C47H93NO3/c1-3-5-7-9-11-13-15-17-19-21-22-23-24-25-26-27-28-30-32-34-36-38-40-42-46(50)45(44-49)48-47(51)43-41-39-37-35-33-31-29-20-18-16-14-12-10-8-6-4-2/h20,29,45-46,49-50H,3-19,21-28,30-44H2,1-2H3,(H,48,51)/b29-20-. The number of aliphatic hydroxyl groups is 2. The molecule has 304 valence electrons. The summed E-state index contributed by atoms with van der Waals surface area (Å²) in [5, 5.41) is 23.2. The van der Waals surface area contributed by atoms with Crippen LogP contribution < -0.4 is 5.32 Å². The van der Waals surface area contributed by atoms with E-state index in [2.05, 4.69) is 31.3 Å². The Kier molecular flexibility index (Phi) is 42.8. The van der Waals surface area contributed by atoms with E-state index in [1.54, 1.807) is 0 Å². The van der Waals surface area contributed by atoms with Crippen molar-refractivity contribution in [1.82, 2.24) is 5.32 Å². The molecule has 51 heavy (non-hydrogen) atoms. The average Bonchev–Trinajstić information content (AvgIpc) is 3.13. The van der Waals surface area contributed by atoms with Crippen LogP contribution in [0.4, 0.5) is 0 Å². The molecule has 0 bridgehead atoms. The number of nitrogens with one attached hydrogen (secondary N) is 1. The van der Waals surface area contributed by atoms with Crippen molar-refractivity contribution in [3.05, 3.63) is 12.2 Å². The minimum Gasteiger partial charge on any atom is -0.394 e. The third-order valence-electron chi connectivity index (χ3n) is 11.0. The maximum atomic E-state index is 12.4. The van der Waals surface area contributed by atoms with Gasteiger partial charge in [0.25, 0.3) is 0 Å². The minimum atomic E-state index is -0.660. The number of aliphatic hydroxyl groups excluding tert-OH is 2. The fourth-order valence-corrected chi connectivity index (χ4v) is 7.42. The fraction of sp³-hybridized carbons (Fsp3) is 0.936. The molecule has 2 atom stereocenters. The minimum absolute atomic E-state index is 0.0364. The Bertz CT molecular complexity index is 695. The SMILES string of the molecule is CCCCCCCCC/C=C\CCCCCCCC(=O)NC(CO)C(O)CCCCCCCCCCCCCCCCCCCCCCCCC. The Morgan fingerprint density at radius 2 is 0.745 bits per heavy atom. The lowest BCUT2D eigenvalue weighted by Gasteiger charge is -2.22. The van der Waals surface area contributed by atoms with E-state index >= 15 is 0 Å². The van der Waals surface area contributed by atoms with Gasteiger partial charge >= 0.3 is 0 Å². The second kappa shape index (κ2) is 43.5. The van der Waals surface area contributed by atoms with Gasteiger partial charge in [-0.2, -0.15) is 0 Å². The van der Waals surface area contributed by atoms with E-state index in [4.69, 9.17) is 0 Å². The zero-order chi connectivity index (χ0) is 37.1. The fourth-order valence-electron chi connectivity index (χ4n) is 7.42. The molecule has 0 aliphatic carbocycles. The van der Waals surface area contributed by atoms with E-state index < -0.39 is 12.1 Å². The van der Waals surface area contributed by atoms with E-state index in [1.807, 2.05) is 0 Å². The van der Waals surface area contributed by atoms with Gasteiger partial charge in [0.1, 0.15) is 0 Å². The molecular formula is C47H93NO3. The predicted molar refractivity (Wildman–Crippen MR) is 226 cm³/mol. The van der Waals surface area contributed by atoms with Gasteiger partial charge < -0.3 is 15.5 Å². The molecule has 2 unspecified atom stereocenters. The molecule has 4 nitrogen and oxygen atoms in total. The van der Waals surface area contributed by atoms with Gasteiger partial charge in [0.05, 0.1) is 18.8 Å². The number of rotatable bonds is 43. The van der Waals surface area contributed by atoms with Crippen LogP contribution in [0.2, 0.25) is 0 Å². The number of hydrogen-bond donors (Lipinski definition) is 3. The van der Waals surface area contributed by atoms with Crippen LogP contribution in [0, 0.1) is 0 Å². The second-order valence-electron chi connectivity index (χ2n) is 16.2. The van der Waals surface area contributed by atoms with Crippen LogP contribution in [0.5, 0.6) is 0 Å². The normalized spacial score (nSPS) is 12.9. The van der Waals surface area contributed by atoms with Crippen molar-refractivity contribution in [2.75, 3.05) is 6.61 Å². The molecule has 0 saturated carbocycles. The molecule has 0 heterocycles. The van der Waals surface area contributed by atoms with Crippen molar-refractivity contribution in [2.24, 2.45) is 0 Å². The summed E-state index contributed by atoms with van der Waals surface area (Å²) in [5.41, 5.74) is 0. The molecule has 0 aliphatic heterocycles. The third-order valence-corrected chi connectivity index (χ3v) is 11.0. The number of unbranched alkanes of at least 4 members (excludes halogenated alkanes) is 34. The first-order valence-electron chi connectivity index (χ1n) is 23.4. The maximum Gasteiger partial charge on any atom is 0.220 e. The van der Waals surface area contributed by atoms with Crippen LogP contribution in [0.3, 0.4) is 0 Å². The lowest BCUT2D eigenvalue weighted by molar-refractivity contribution is -0.123. The van der Waals surface area contributed by atoms with Crippen molar-refractivity contribution in [1.29, 1.82) is 0 Å². The van der Waals surface area contributed by atoms with Gasteiger partial charge in [-0.05, 0) is 38.5 Å². The van der Waals surface area contributed by atoms with Gasteiger partial charge in [0.15, 0.2) is 0 Å². The van der Waals surface area contributed by atoms with Gasteiger partial charge in [0, 0.05) is 6.42 Å².